The van der Waals surface area contributed by atoms with E-state index in [1.54, 1.807) is 33.7 Å². The zero-order valence-corrected chi connectivity index (χ0v) is 23.6. The molecule has 0 saturated heterocycles. The van der Waals surface area contributed by atoms with Crippen LogP contribution in [0.2, 0.25) is 10.0 Å². The van der Waals surface area contributed by atoms with E-state index in [2.05, 4.69) is 5.32 Å². The van der Waals surface area contributed by atoms with Crippen LogP contribution in [0.1, 0.15) is 29.9 Å². The van der Waals surface area contributed by atoms with Gasteiger partial charge in [-0.3, -0.25) is 9.36 Å². The number of nitrogens with zero attached hydrogens (tertiary/aromatic N) is 4. The van der Waals surface area contributed by atoms with Gasteiger partial charge in [0.15, 0.2) is 0 Å². The number of carbonyl (C=O) groups is 1. The number of amides is 2. The summed E-state index contributed by atoms with van der Waals surface area (Å²) in [5.41, 5.74) is 3.55. The number of hydrogen-bond acceptors (Lipinski definition) is 4. The van der Waals surface area contributed by atoms with Gasteiger partial charge in [-0.05, 0) is 70.8 Å². The van der Waals surface area contributed by atoms with Gasteiger partial charge in [0, 0.05) is 13.1 Å². The molecule has 4 aromatic rings. The summed E-state index contributed by atoms with van der Waals surface area (Å²) >= 11 is 12.5. The molecule has 0 bridgehead atoms. The number of urea groups is 1. The number of hydrogen-bond donors (Lipinski definition) is 1. The van der Waals surface area contributed by atoms with Crippen LogP contribution in [0.4, 0.5) is 10.5 Å². The minimum absolute atomic E-state index is 0.185. The van der Waals surface area contributed by atoms with E-state index in [9.17, 15) is 9.59 Å². The highest BCUT2D eigenvalue weighted by Gasteiger charge is 2.28. The van der Waals surface area contributed by atoms with Crippen LogP contribution in [0, 0.1) is 13.8 Å². The van der Waals surface area contributed by atoms with Crippen molar-refractivity contribution in [3.05, 3.63) is 98.0 Å². The van der Waals surface area contributed by atoms with Crippen molar-refractivity contribution in [1.82, 2.24) is 19.4 Å². The van der Waals surface area contributed by atoms with Gasteiger partial charge in [0.05, 0.1) is 38.4 Å². The number of halogens is 2. The number of rotatable bonds is 7. The topological polar surface area (TPSA) is 70.5 Å². The molecular weight excluding hydrogens is 521 g/mol. The highest BCUT2D eigenvalue weighted by molar-refractivity contribution is 6.43. The van der Waals surface area contributed by atoms with Crippen molar-refractivity contribution >= 4 is 45.8 Å². The summed E-state index contributed by atoms with van der Waals surface area (Å²) in [4.78, 5) is 36.2. The van der Waals surface area contributed by atoms with Gasteiger partial charge in [-0.15, -0.1) is 0 Å². The smallest absolute Gasteiger partial charge is 0.313 e. The molecule has 1 aromatic heterocycles. The maximum Gasteiger partial charge on any atom is 0.322 e. The molecule has 2 amide bonds. The summed E-state index contributed by atoms with van der Waals surface area (Å²) in [6, 6.07) is 17.3. The predicted molar refractivity (Wildman–Crippen MR) is 156 cm³/mol. The van der Waals surface area contributed by atoms with Crippen LogP contribution >= 0.6 is 23.2 Å². The third-order valence-electron chi connectivity index (χ3n) is 6.48. The number of nitrogens with one attached hydrogen (secondary N) is 1. The van der Waals surface area contributed by atoms with E-state index in [0.29, 0.717) is 40.5 Å². The first-order valence-electron chi connectivity index (χ1n) is 12.3. The van der Waals surface area contributed by atoms with Gasteiger partial charge < -0.3 is 15.1 Å². The Kier molecular flexibility index (Phi) is 8.41. The lowest BCUT2D eigenvalue weighted by atomic mass is 10.1. The minimum Gasteiger partial charge on any atom is -0.313 e. The van der Waals surface area contributed by atoms with E-state index in [0.717, 1.165) is 16.8 Å². The fourth-order valence-corrected chi connectivity index (χ4v) is 4.77. The molecule has 1 atom stereocenters. The van der Waals surface area contributed by atoms with Crippen LogP contribution < -0.4 is 10.9 Å². The maximum absolute atomic E-state index is 13.9. The summed E-state index contributed by atoms with van der Waals surface area (Å²) in [7, 11) is 3.88. The average Bonchev–Trinajstić information content (AvgIpc) is 2.87. The number of carbonyl (C=O) groups excluding carboxylic acids is 1. The number of aromatic nitrogens is 2. The molecule has 0 fully saturated rings. The molecule has 0 aliphatic carbocycles. The van der Waals surface area contributed by atoms with Crippen molar-refractivity contribution in [2.75, 3.05) is 32.5 Å². The van der Waals surface area contributed by atoms with Crippen molar-refractivity contribution in [3.63, 3.8) is 0 Å². The van der Waals surface area contributed by atoms with Gasteiger partial charge in [-0.2, -0.15) is 0 Å². The zero-order chi connectivity index (χ0) is 27.6. The summed E-state index contributed by atoms with van der Waals surface area (Å²) in [5, 5.41) is 4.01. The fourth-order valence-electron chi connectivity index (χ4n) is 4.42. The molecule has 4 rings (SSSR count). The van der Waals surface area contributed by atoms with Gasteiger partial charge in [0.25, 0.3) is 5.56 Å². The first kappa shape index (κ1) is 27.6. The molecule has 198 valence electrons. The first-order chi connectivity index (χ1) is 18.1. The highest BCUT2D eigenvalue weighted by Crippen LogP contribution is 2.31. The van der Waals surface area contributed by atoms with Crippen LogP contribution in [-0.4, -0.2) is 52.6 Å². The van der Waals surface area contributed by atoms with Crippen LogP contribution in [0.5, 0.6) is 0 Å². The molecule has 1 heterocycles. The molecule has 9 heteroatoms. The lowest BCUT2D eigenvalue weighted by Crippen LogP contribution is -2.43. The first-order valence-corrected chi connectivity index (χ1v) is 13.1. The molecule has 0 aliphatic heterocycles. The zero-order valence-electron chi connectivity index (χ0n) is 22.1. The van der Waals surface area contributed by atoms with Crippen molar-refractivity contribution in [1.29, 1.82) is 0 Å². The van der Waals surface area contributed by atoms with E-state index in [-0.39, 0.29) is 16.6 Å². The Hall–Kier alpha value is -3.39. The summed E-state index contributed by atoms with van der Waals surface area (Å²) < 4.78 is 1.63. The molecular formula is C29H31Cl2N5O2. The molecule has 1 N–H and O–H groups in total. The van der Waals surface area contributed by atoms with E-state index in [4.69, 9.17) is 28.2 Å². The Bertz CT molecular complexity index is 1550. The SMILES string of the molecule is Cc1ccc(-n2c(C(C)N(CCN(C)C)C(=O)Nc3cccc(Cl)c3Cl)nc3ccccc3c2=O)c(C)c1. The van der Waals surface area contributed by atoms with E-state index in [1.807, 2.05) is 76.2 Å². The Morgan fingerprint density at radius 3 is 2.47 bits per heavy atom. The summed E-state index contributed by atoms with van der Waals surface area (Å²) in [5.74, 6) is 0.465. The predicted octanol–water partition coefficient (Wildman–Crippen LogP) is 6.47. The lowest BCUT2D eigenvalue weighted by Gasteiger charge is -2.32. The monoisotopic (exact) mass is 551 g/mol. The quantitative estimate of drug-likeness (QED) is 0.286. The second-order valence-corrected chi connectivity index (χ2v) is 10.4. The molecule has 0 aliphatic rings. The van der Waals surface area contributed by atoms with Crippen molar-refractivity contribution in [2.24, 2.45) is 0 Å². The van der Waals surface area contributed by atoms with Gasteiger partial charge in [-0.1, -0.05) is 59.1 Å². The number of benzene rings is 3. The number of aryl methyl sites for hydroxylation is 2. The van der Waals surface area contributed by atoms with Gasteiger partial charge >= 0.3 is 6.03 Å². The Morgan fingerprint density at radius 1 is 1.03 bits per heavy atom. The second-order valence-electron chi connectivity index (χ2n) is 9.62. The summed E-state index contributed by atoms with van der Waals surface area (Å²) in [6.45, 7) is 6.84. The maximum atomic E-state index is 13.9. The van der Waals surface area contributed by atoms with Gasteiger partial charge in [0.2, 0.25) is 0 Å². The molecule has 0 spiro atoms. The molecule has 1 unspecified atom stereocenters. The van der Waals surface area contributed by atoms with Crippen molar-refractivity contribution in [2.45, 2.75) is 26.8 Å². The second kappa shape index (κ2) is 11.6. The Balaban J connectivity index is 1.87. The van der Waals surface area contributed by atoms with Crippen LogP contribution in [0.15, 0.2) is 65.5 Å². The van der Waals surface area contributed by atoms with Crippen LogP contribution in [-0.2, 0) is 0 Å². The van der Waals surface area contributed by atoms with Gasteiger partial charge in [0.1, 0.15) is 5.82 Å². The average molecular weight is 553 g/mol. The lowest BCUT2D eigenvalue weighted by molar-refractivity contribution is 0.181. The highest BCUT2D eigenvalue weighted by atomic mass is 35.5. The fraction of sp³-hybridized carbons (Fsp3) is 0.276. The summed E-state index contributed by atoms with van der Waals surface area (Å²) in [6.07, 6.45) is 0. The van der Waals surface area contributed by atoms with E-state index < -0.39 is 6.04 Å². The number of anilines is 1. The van der Waals surface area contributed by atoms with Crippen LogP contribution in [0.3, 0.4) is 0 Å². The van der Waals surface area contributed by atoms with Crippen molar-refractivity contribution in [3.8, 4) is 5.69 Å². The van der Waals surface area contributed by atoms with Crippen LogP contribution in [0.25, 0.3) is 16.6 Å². The van der Waals surface area contributed by atoms with E-state index >= 15 is 0 Å². The molecule has 7 nitrogen and oxygen atoms in total. The number of likely N-dealkylation sites (N-methyl/N-ethyl adjacent to an activating group) is 1. The van der Waals surface area contributed by atoms with E-state index in [1.165, 1.54) is 0 Å². The van der Waals surface area contributed by atoms with Crippen molar-refractivity contribution < 1.29 is 4.79 Å². The Morgan fingerprint density at radius 2 is 1.76 bits per heavy atom. The normalized spacial score (nSPS) is 12.1. The number of fused-ring (bicyclic) bond motifs is 1. The third kappa shape index (κ3) is 5.70. The minimum atomic E-state index is -0.564. The third-order valence-corrected chi connectivity index (χ3v) is 7.30. The largest absolute Gasteiger partial charge is 0.322 e. The Labute approximate surface area is 232 Å². The molecule has 0 radical (unpaired) electrons. The standard InChI is InChI=1S/C29H31Cl2N5O2/c1-18-13-14-25(19(2)17-18)36-27(32-23-11-7-6-9-21(23)28(36)37)20(3)35(16-15-34(4)5)29(38)33-24-12-8-10-22(30)26(24)31/h6-14,17,20H,15-16H2,1-5H3,(H,33,38). The molecule has 38 heavy (non-hydrogen) atoms. The number of para-hydroxylation sites is 1. The molecule has 0 saturated carbocycles. The van der Waals surface area contributed by atoms with Gasteiger partial charge in [-0.25, -0.2) is 9.78 Å². The molecule has 3 aromatic carbocycles.